The fraction of sp³-hybridized carbons (Fsp3) is 0.308. The Morgan fingerprint density at radius 1 is 0.584 bits per heavy atom. The predicted octanol–water partition coefficient (Wildman–Crippen LogP) is 15.5. The zero-order valence-electron chi connectivity index (χ0n) is 44.3. The third kappa shape index (κ3) is 8.92. The van der Waals surface area contributed by atoms with Gasteiger partial charge in [-0.15, -0.1) is 0 Å². The molecule has 12 nitrogen and oxygen atoms in total. The van der Waals surface area contributed by atoms with Crippen molar-refractivity contribution in [1.29, 1.82) is 0 Å². The quantitative estimate of drug-likeness (QED) is 0.122. The lowest BCUT2D eigenvalue weighted by Gasteiger charge is -2.43. The Bertz CT molecular complexity index is 3620. The van der Waals surface area contributed by atoms with Crippen molar-refractivity contribution in [3.05, 3.63) is 168 Å². The van der Waals surface area contributed by atoms with Crippen LogP contribution in [0.5, 0.6) is 0 Å². The highest BCUT2D eigenvalue weighted by Gasteiger charge is 2.42. The summed E-state index contributed by atoms with van der Waals surface area (Å²) in [7, 11) is 0. The Labute approximate surface area is 451 Å². The van der Waals surface area contributed by atoms with E-state index >= 15 is 0 Å². The van der Waals surface area contributed by atoms with Crippen LogP contribution in [0.4, 0.5) is 27.8 Å². The van der Waals surface area contributed by atoms with Crippen molar-refractivity contribution < 1.29 is 9.53 Å². The summed E-state index contributed by atoms with van der Waals surface area (Å²) in [5.74, 6) is 3.51. The van der Waals surface area contributed by atoms with Gasteiger partial charge in [0.2, 0.25) is 0 Å². The molecule has 0 unspecified atom stereocenters. The third-order valence-electron chi connectivity index (χ3n) is 16.5. The molecule has 4 aliphatic carbocycles. The molecular formula is C65H66N10O2. The van der Waals surface area contributed by atoms with Crippen LogP contribution in [-0.2, 0) is 15.8 Å². The highest BCUT2D eigenvalue weighted by Crippen LogP contribution is 2.48. The van der Waals surface area contributed by atoms with Gasteiger partial charge in [0.15, 0.2) is 11.6 Å². The molecule has 2 aliphatic heterocycles. The van der Waals surface area contributed by atoms with E-state index in [4.69, 9.17) is 30.4 Å². The van der Waals surface area contributed by atoms with E-state index in [0.717, 1.165) is 154 Å². The number of hydrogen-bond acceptors (Lipinski definition) is 9. The molecule has 6 heterocycles. The molecule has 4 aromatic carbocycles. The van der Waals surface area contributed by atoms with Gasteiger partial charge in [-0.1, -0.05) is 84.9 Å². The van der Waals surface area contributed by atoms with Gasteiger partial charge in [-0.25, -0.2) is 24.7 Å². The molecule has 1 amide bonds. The highest BCUT2D eigenvalue weighted by atomic mass is 16.6. The number of ether oxygens (including phenoxy) is 1. The number of amides is 1. The van der Waals surface area contributed by atoms with Crippen molar-refractivity contribution in [2.24, 2.45) is 5.73 Å². The number of nitrogens with two attached hydrogens (primary N) is 1. The molecule has 6 aliphatic rings. The molecule has 0 bridgehead atoms. The first-order chi connectivity index (χ1) is 37.5. The number of anilines is 4. The fourth-order valence-corrected chi connectivity index (χ4v) is 12.2. The van der Waals surface area contributed by atoms with E-state index in [1.807, 2.05) is 51.4 Å². The Hall–Kier alpha value is -8.09. The number of hydrogen-bond donors (Lipinski definition) is 4. The second-order valence-corrected chi connectivity index (χ2v) is 22.7. The number of carbonyl (C=O) groups is 1. The molecule has 2 fully saturated rings. The molecule has 0 spiro atoms. The maximum Gasteiger partial charge on any atom is 0.408 e. The molecule has 5 N–H and O–H groups in total. The first-order valence-corrected chi connectivity index (χ1v) is 27.8. The first-order valence-electron chi connectivity index (χ1n) is 27.8. The second kappa shape index (κ2) is 19.5. The van der Waals surface area contributed by atoms with Crippen molar-refractivity contribution in [1.82, 2.24) is 34.4 Å². The number of carbonyl (C=O) groups excluding carboxylic acids is 1. The zero-order chi connectivity index (χ0) is 52.3. The van der Waals surface area contributed by atoms with Crippen LogP contribution in [0, 0.1) is 0 Å². The van der Waals surface area contributed by atoms with E-state index in [1.54, 1.807) is 0 Å². The summed E-state index contributed by atoms with van der Waals surface area (Å²) in [6.45, 7) is 5.68. The number of alkyl carbamates (subject to hydrolysis) is 1. The van der Waals surface area contributed by atoms with Crippen LogP contribution in [-0.4, -0.2) is 40.8 Å². The van der Waals surface area contributed by atoms with Crippen molar-refractivity contribution in [3.63, 3.8) is 0 Å². The fourth-order valence-electron chi connectivity index (χ4n) is 12.2. The van der Waals surface area contributed by atoms with E-state index in [1.165, 1.54) is 48.8 Å². The van der Waals surface area contributed by atoms with Crippen molar-refractivity contribution in [2.45, 2.75) is 127 Å². The summed E-state index contributed by atoms with van der Waals surface area (Å²) in [5, 5.41) is 10.3. The van der Waals surface area contributed by atoms with E-state index in [0.29, 0.717) is 0 Å². The van der Waals surface area contributed by atoms with Gasteiger partial charge in [-0.05, 0) is 181 Å². The number of nitrogens with one attached hydrogen (secondary N) is 3. The highest BCUT2D eigenvalue weighted by molar-refractivity contribution is 5.91. The molecule has 77 heavy (non-hydrogen) atoms. The number of pyridine rings is 2. The van der Waals surface area contributed by atoms with Gasteiger partial charge in [0.1, 0.15) is 17.2 Å². The van der Waals surface area contributed by atoms with Crippen LogP contribution in [0.15, 0.2) is 146 Å². The van der Waals surface area contributed by atoms with E-state index in [9.17, 15) is 4.79 Å². The number of allylic oxidation sites excluding steroid dienone is 4. The number of fused-ring (bicyclic) bond motifs is 10. The normalized spacial score (nSPS) is 17.2. The number of rotatable bonds is 7. The van der Waals surface area contributed by atoms with Crippen LogP contribution >= 0.6 is 0 Å². The van der Waals surface area contributed by atoms with Crippen LogP contribution in [0.25, 0.3) is 67.8 Å². The molecule has 14 rings (SSSR count). The molecule has 0 saturated heterocycles. The van der Waals surface area contributed by atoms with Gasteiger partial charge in [0.25, 0.3) is 0 Å². The standard InChI is InChI=1S/C35H37N5O2.C30H29N5/c1-34(2,3)42-33(41)39-35(20-10-21-35)25-18-16-24(17-19-25)30-29(23-11-5-4-6-12-23)38-32-26-13-7-8-14-27(26)37-31-28(40(30)32)15-9-22-36-31;31-30(17-7-18-30)22-15-13-21(14-16-22)27-26(20-8-2-1-3-9-20)34-29-23-10-4-5-11-24(23)33-28-25(35(27)29)12-6-19-32-28/h7-9,11,13-19,22H,4-6,10,12,20-21H2,1-3H3,(H,36,37)(H,39,41);4-6,8,10-16,19H,1-3,7,9,17-18,31H2,(H,32,33). The first kappa shape index (κ1) is 48.5. The smallest absolute Gasteiger partial charge is 0.408 e. The largest absolute Gasteiger partial charge is 0.444 e. The van der Waals surface area contributed by atoms with Crippen LogP contribution in [0.1, 0.15) is 133 Å². The second-order valence-electron chi connectivity index (χ2n) is 22.7. The molecule has 0 atom stereocenters. The number of benzene rings is 4. The number of imidazole rings is 2. The number of para-hydroxylation sites is 2. The van der Waals surface area contributed by atoms with Crippen LogP contribution in [0.2, 0.25) is 0 Å². The van der Waals surface area contributed by atoms with Crippen molar-refractivity contribution in [2.75, 3.05) is 10.6 Å². The van der Waals surface area contributed by atoms with Gasteiger partial charge >= 0.3 is 6.09 Å². The minimum Gasteiger partial charge on any atom is -0.444 e. The summed E-state index contributed by atoms with van der Waals surface area (Å²) < 4.78 is 10.2. The van der Waals surface area contributed by atoms with Crippen LogP contribution in [0.3, 0.4) is 0 Å². The molecule has 388 valence electrons. The minimum absolute atomic E-state index is 0.166. The summed E-state index contributed by atoms with van der Waals surface area (Å²) in [6.07, 6.45) is 23.4. The Morgan fingerprint density at radius 3 is 1.49 bits per heavy atom. The summed E-state index contributed by atoms with van der Waals surface area (Å²) in [6, 6.07) is 42.5. The summed E-state index contributed by atoms with van der Waals surface area (Å²) in [5.41, 5.74) is 23.2. The summed E-state index contributed by atoms with van der Waals surface area (Å²) in [4.78, 5) is 32.9. The maximum atomic E-state index is 12.8. The van der Waals surface area contributed by atoms with Gasteiger partial charge in [-0.3, -0.25) is 9.13 Å². The lowest BCUT2D eigenvalue weighted by atomic mass is 9.71. The van der Waals surface area contributed by atoms with Gasteiger partial charge in [0, 0.05) is 40.2 Å². The topological polar surface area (TPSA) is 150 Å². The Morgan fingerprint density at radius 2 is 1.06 bits per heavy atom. The minimum atomic E-state index is -0.540. The van der Waals surface area contributed by atoms with E-state index < -0.39 is 11.1 Å². The Kier molecular flexibility index (Phi) is 12.3. The van der Waals surface area contributed by atoms with Crippen molar-refractivity contribution >= 4 is 40.2 Å². The summed E-state index contributed by atoms with van der Waals surface area (Å²) >= 11 is 0. The van der Waals surface area contributed by atoms with E-state index in [-0.39, 0.29) is 11.6 Å². The number of nitrogens with zero attached hydrogens (tertiary/aromatic N) is 6. The molecule has 2 saturated carbocycles. The third-order valence-corrected chi connectivity index (χ3v) is 16.5. The van der Waals surface area contributed by atoms with Gasteiger partial charge in [-0.2, -0.15) is 0 Å². The lowest BCUT2D eigenvalue weighted by Crippen LogP contribution is -2.52. The average molecular weight is 1020 g/mol. The van der Waals surface area contributed by atoms with E-state index in [2.05, 4.69) is 140 Å². The monoisotopic (exact) mass is 1020 g/mol. The molecule has 4 aromatic heterocycles. The average Bonchev–Trinajstić information content (AvgIpc) is 4.03. The van der Waals surface area contributed by atoms with Crippen molar-refractivity contribution in [3.8, 4) is 56.7 Å². The Balaban J connectivity index is 0.000000149. The number of aromatic nitrogens is 6. The molecule has 0 radical (unpaired) electrons. The SMILES string of the molecule is CC(C)(C)OC(=O)NC1(c2ccc(-c3c(C4=CCCCC4)nc4n3-c3cccnc3Nc3ccccc3-4)cc2)CCC1.NC1(c2ccc(-c3c(C4=CCCCC4)nc4n3-c3cccnc3Nc3ccccc3-4)cc2)CCC1. The molecular weight excluding hydrogens is 953 g/mol. The lowest BCUT2D eigenvalue weighted by molar-refractivity contribution is 0.0377. The van der Waals surface area contributed by atoms with Crippen LogP contribution < -0.4 is 21.7 Å². The molecule has 8 aromatic rings. The maximum absolute atomic E-state index is 12.8. The van der Waals surface area contributed by atoms with Gasteiger partial charge < -0.3 is 26.4 Å². The molecule has 12 heteroatoms. The van der Waals surface area contributed by atoms with Gasteiger partial charge in [0.05, 0.1) is 51.1 Å². The predicted molar refractivity (Wildman–Crippen MR) is 309 cm³/mol. The zero-order valence-corrected chi connectivity index (χ0v) is 44.3.